The Bertz CT molecular complexity index is 901. The summed E-state index contributed by atoms with van der Waals surface area (Å²) in [5.41, 5.74) is 2.17. The molecule has 0 saturated carbocycles. The number of thioether (sulfide) groups is 1. The van der Waals surface area contributed by atoms with E-state index in [1.807, 2.05) is 37.3 Å². The van der Waals surface area contributed by atoms with E-state index in [0.717, 1.165) is 29.5 Å². The largest absolute Gasteiger partial charge is 0.315 e. The molecule has 2 heterocycles. The predicted molar refractivity (Wildman–Crippen MR) is 95.0 cm³/mol. The van der Waals surface area contributed by atoms with Crippen LogP contribution >= 0.6 is 11.8 Å². The first kappa shape index (κ1) is 16.4. The smallest absolute Gasteiger partial charge is 0.255 e. The highest BCUT2D eigenvalue weighted by molar-refractivity contribution is 7.98. The van der Waals surface area contributed by atoms with Crippen molar-refractivity contribution in [1.29, 1.82) is 0 Å². The van der Waals surface area contributed by atoms with Gasteiger partial charge in [0.1, 0.15) is 11.6 Å². The molecule has 3 aromatic rings. The van der Waals surface area contributed by atoms with Crippen molar-refractivity contribution in [1.82, 2.24) is 24.7 Å². The Hall–Kier alpha value is -2.41. The lowest BCUT2D eigenvalue weighted by atomic mass is 10.1. The third-order valence-electron chi connectivity index (χ3n) is 3.84. The van der Waals surface area contributed by atoms with Crippen molar-refractivity contribution in [2.24, 2.45) is 0 Å². The van der Waals surface area contributed by atoms with Crippen LogP contribution in [0.3, 0.4) is 0 Å². The molecule has 0 atom stereocenters. The maximum atomic E-state index is 12.2. The van der Waals surface area contributed by atoms with Gasteiger partial charge in [0.15, 0.2) is 5.16 Å². The van der Waals surface area contributed by atoms with Gasteiger partial charge in [0, 0.05) is 17.7 Å². The molecule has 0 aliphatic heterocycles. The van der Waals surface area contributed by atoms with Crippen LogP contribution in [0.1, 0.15) is 24.1 Å². The first-order chi connectivity index (χ1) is 11.6. The summed E-state index contributed by atoms with van der Waals surface area (Å²) in [7, 11) is 0. The molecule has 0 radical (unpaired) electrons. The van der Waals surface area contributed by atoms with Crippen LogP contribution < -0.4 is 5.56 Å². The van der Waals surface area contributed by atoms with Crippen LogP contribution in [0.15, 0.2) is 40.3 Å². The van der Waals surface area contributed by atoms with Gasteiger partial charge >= 0.3 is 0 Å². The minimum Gasteiger partial charge on any atom is -0.315 e. The second kappa shape index (κ2) is 7.00. The van der Waals surface area contributed by atoms with Crippen LogP contribution in [0.2, 0.25) is 0 Å². The molecule has 0 fully saturated rings. The summed E-state index contributed by atoms with van der Waals surface area (Å²) in [6.07, 6.45) is 0. The summed E-state index contributed by atoms with van der Waals surface area (Å²) in [6.45, 7) is 6.61. The molecular weight excluding hydrogens is 322 g/mol. The zero-order valence-corrected chi connectivity index (χ0v) is 14.7. The number of rotatable bonds is 5. The summed E-state index contributed by atoms with van der Waals surface area (Å²) < 4.78 is 2.05. The van der Waals surface area contributed by atoms with E-state index in [0.29, 0.717) is 16.5 Å². The average Bonchev–Trinajstić information content (AvgIpc) is 2.96. The Kier molecular flexibility index (Phi) is 4.80. The highest BCUT2D eigenvalue weighted by Crippen LogP contribution is 2.23. The molecule has 7 heteroatoms. The fraction of sp³-hybridized carbons (Fsp3) is 0.294. The number of hydrogen-bond donors (Lipinski definition) is 1. The Balaban J connectivity index is 1.89. The maximum Gasteiger partial charge on any atom is 0.255 e. The quantitative estimate of drug-likeness (QED) is 0.570. The molecule has 1 N–H and O–H groups in total. The standard InChI is InChI=1S/C17H19N5OS/c1-4-22-12(3)20-21-14(22)10-24-17-18-15(11(2)16(23)19-17)13-8-6-5-7-9-13/h5-9H,4,10H2,1-3H3,(H,18,19,23). The predicted octanol–water partition coefficient (Wildman–Crippen LogP) is 2.96. The molecule has 24 heavy (non-hydrogen) atoms. The van der Waals surface area contributed by atoms with Crippen molar-refractivity contribution in [2.45, 2.75) is 38.2 Å². The van der Waals surface area contributed by atoms with Crippen molar-refractivity contribution in [3.63, 3.8) is 0 Å². The molecule has 1 aromatic carbocycles. The molecule has 0 aliphatic rings. The first-order valence-corrected chi connectivity index (χ1v) is 8.76. The third-order valence-corrected chi connectivity index (χ3v) is 4.71. The van der Waals surface area contributed by atoms with Crippen molar-refractivity contribution in [2.75, 3.05) is 0 Å². The van der Waals surface area contributed by atoms with Crippen LogP contribution in [0.4, 0.5) is 0 Å². The average molecular weight is 341 g/mol. The molecule has 0 amide bonds. The molecule has 6 nitrogen and oxygen atoms in total. The monoisotopic (exact) mass is 341 g/mol. The van der Waals surface area contributed by atoms with E-state index >= 15 is 0 Å². The van der Waals surface area contributed by atoms with Crippen molar-refractivity contribution in [3.05, 3.63) is 57.9 Å². The zero-order chi connectivity index (χ0) is 17.1. The van der Waals surface area contributed by atoms with Crippen molar-refractivity contribution in [3.8, 4) is 11.3 Å². The highest BCUT2D eigenvalue weighted by Gasteiger charge is 2.12. The van der Waals surface area contributed by atoms with E-state index in [9.17, 15) is 4.79 Å². The summed E-state index contributed by atoms with van der Waals surface area (Å²) in [6, 6.07) is 9.75. The Labute approximate surface area is 144 Å². The molecule has 0 aliphatic carbocycles. The highest BCUT2D eigenvalue weighted by atomic mass is 32.2. The SMILES string of the molecule is CCn1c(C)nnc1CSc1nc(-c2ccccc2)c(C)c(=O)[nH]1. The molecule has 0 saturated heterocycles. The number of aryl methyl sites for hydroxylation is 1. The summed E-state index contributed by atoms with van der Waals surface area (Å²) in [5.74, 6) is 2.38. The molecule has 2 aromatic heterocycles. The van der Waals surface area contributed by atoms with Crippen molar-refractivity contribution < 1.29 is 0 Å². The number of nitrogens with one attached hydrogen (secondary N) is 1. The van der Waals surface area contributed by atoms with E-state index in [1.165, 1.54) is 11.8 Å². The molecular formula is C17H19N5OS. The third kappa shape index (κ3) is 3.26. The van der Waals surface area contributed by atoms with Gasteiger partial charge in [-0.3, -0.25) is 4.79 Å². The molecule has 0 unspecified atom stereocenters. The fourth-order valence-corrected chi connectivity index (χ4v) is 3.33. The normalized spacial score (nSPS) is 11.0. The number of aromatic amines is 1. The van der Waals surface area contributed by atoms with Gasteiger partial charge < -0.3 is 9.55 Å². The minimum absolute atomic E-state index is 0.112. The van der Waals surface area contributed by atoms with Gasteiger partial charge in [0.25, 0.3) is 5.56 Å². The first-order valence-electron chi connectivity index (χ1n) is 7.78. The number of aromatic nitrogens is 5. The summed E-state index contributed by atoms with van der Waals surface area (Å²) in [5, 5.41) is 8.89. The van der Waals surface area contributed by atoms with Crippen LogP contribution in [0.5, 0.6) is 0 Å². The lowest BCUT2D eigenvalue weighted by Gasteiger charge is -2.08. The molecule has 124 valence electrons. The van der Waals surface area contributed by atoms with Gasteiger partial charge in [0.05, 0.1) is 11.4 Å². The molecule has 3 rings (SSSR count). The summed E-state index contributed by atoms with van der Waals surface area (Å²) in [4.78, 5) is 19.7. The number of H-pyrrole nitrogens is 1. The second-order valence-electron chi connectivity index (χ2n) is 5.41. The van der Waals surface area contributed by atoms with Crippen LogP contribution in [0, 0.1) is 13.8 Å². The Morgan fingerprint density at radius 3 is 2.62 bits per heavy atom. The van der Waals surface area contributed by atoms with Gasteiger partial charge in [-0.15, -0.1) is 10.2 Å². The van der Waals surface area contributed by atoms with Gasteiger partial charge in [-0.2, -0.15) is 0 Å². The van der Waals surface area contributed by atoms with Crippen LogP contribution in [-0.4, -0.2) is 24.7 Å². The van der Waals surface area contributed by atoms with E-state index in [1.54, 1.807) is 6.92 Å². The van der Waals surface area contributed by atoms with Crippen molar-refractivity contribution >= 4 is 11.8 Å². The lowest BCUT2D eigenvalue weighted by Crippen LogP contribution is -2.14. The van der Waals surface area contributed by atoms with E-state index < -0.39 is 0 Å². The topological polar surface area (TPSA) is 76.5 Å². The van der Waals surface area contributed by atoms with Gasteiger partial charge in [-0.05, 0) is 20.8 Å². The molecule has 0 bridgehead atoms. The lowest BCUT2D eigenvalue weighted by molar-refractivity contribution is 0.701. The maximum absolute atomic E-state index is 12.2. The minimum atomic E-state index is -0.112. The van der Waals surface area contributed by atoms with Crippen LogP contribution in [0.25, 0.3) is 11.3 Å². The summed E-state index contributed by atoms with van der Waals surface area (Å²) >= 11 is 1.46. The van der Waals surface area contributed by atoms with Gasteiger partial charge in [0.2, 0.25) is 0 Å². The fourth-order valence-electron chi connectivity index (χ4n) is 2.53. The van der Waals surface area contributed by atoms with Gasteiger partial charge in [-0.25, -0.2) is 4.98 Å². The second-order valence-corrected chi connectivity index (χ2v) is 6.37. The van der Waals surface area contributed by atoms with Gasteiger partial charge in [-0.1, -0.05) is 42.1 Å². The zero-order valence-electron chi connectivity index (χ0n) is 13.9. The number of benzene rings is 1. The Morgan fingerprint density at radius 2 is 1.92 bits per heavy atom. The molecule has 0 spiro atoms. The number of nitrogens with zero attached hydrogens (tertiary/aromatic N) is 4. The Morgan fingerprint density at radius 1 is 1.17 bits per heavy atom. The number of hydrogen-bond acceptors (Lipinski definition) is 5. The van der Waals surface area contributed by atoms with E-state index in [4.69, 9.17) is 0 Å². The van der Waals surface area contributed by atoms with E-state index in [2.05, 4.69) is 31.7 Å². The van der Waals surface area contributed by atoms with Crippen LogP contribution in [-0.2, 0) is 12.3 Å². The van der Waals surface area contributed by atoms with E-state index in [-0.39, 0.29) is 5.56 Å².